The fourth-order valence-electron chi connectivity index (χ4n) is 6.90. The van der Waals surface area contributed by atoms with Gasteiger partial charge in [0.25, 0.3) is 0 Å². The Hall–Kier alpha value is -6.05. The second kappa shape index (κ2) is 28.6. The first-order chi connectivity index (χ1) is 32.8. The topological polar surface area (TPSA) is 326 Å². The first-order valence-electron chi connectivity index (χ1n) is 22.7. The Labute approximate surface area is 407 Å². The molecule has 5 rings (SSSR count). The number of phenolic OH excluding ortho intramolecular Hbond substituents is 1. The summed E-state index contributed by atoms with van der Waals surface area (Å²) in [5.41, 5.74) is 0.365. The third-order valence-electron chi connectivity index (χ3n) is 11.4. The number of aliphatic hydroxyl groups excluding tert-OH is 3. The fraction of sp³-hybridized carbons (Fsp3) is 0.587. The molecule has 3 amide bonds. The van der Waals surface area contributed by atoms with E-state index in [-0.39, 0.29) is 87.2 Å². The summed E-state index contributed by atoms with van der Waals surface area (Å²) >= 11 is 0. The van der Waals surface area contributed by atoms with Gasteiger partial charge >= 0.3 is 28.7 Å². The summed E-state index contributed by atoms with van der Waals surface area (Å²) in [6.45, 7) is 15.4. The molecule has 0 saturated carbocycles. The van der Waals surface area contributed by atoms with Crippen molar-refractivity contribution >= 4 is 48.2 Å². The minimum atomic E-state index is -1.17. The van der Waals surface area contributed by atoms with Gasteiger partial charge in [-0.15, -0.1) is 5.10 Å². The van der Waals surface area contributed by atoms with Crippen LogP contribution in [-0.2, 0) is 57.5 Å². The molecule has 0 bridgehead atoms. The summed E-state index contributed by atoms with van der Waals surface area (Å²) in [5.74, 6) is -2.86. The van der Waals surface area contributed by atoms with Crippen LogP contribution in [0.15, 0.2) is 48.7 Å². The maximum atomic E-state index is 13.8. The second-order valence-corrected chi connectivity index (χ2v) is 17.9. The number of benzene rings is 2. The predicted molar refractivity (Wildman–Crippen MR) is 252 cm³/mol. The Morgan fingerprint density at radius 1 is 1.03 bits per heavy atom. The minimum Gasteiger partial charge on any atom is -0.391 e. The Bertz CT molecular complexity index is 2190. The number of ether oxygens (including phenoxy) is 2. The number of likely N-dealkylation sites (N-methyl/N-ethyl adjacent to an activating group) is 1. The number of phenols is 1. The smallest absolute Gasteiger partial charge is 0.0799 e. The number of aromatic nitrogens is 3. The predicted octanol–water partition coefficient (Wildman–Crippen LogP) is 1.67. The number of carbonyl (C=O) groups is 5. The van der Waals surface area contributed by atoms with Gasteiger partial charge in [0.05, 0.1) is 78.6 Å². The zero-order chi connectivity index (χ0) is 53.0. The number of Topliss-reactive ketones (excluding diaryl/α,β-unsaturated/α-hetero) is 1. The molecule has 1 aromatic heterocycles. The van der Waals surface area contributed by atoms with E-state index in [1.54, 1.807) is 58.2 Å². The van der Waals surface area contributed by atoms with Crippen molar-refractivity contribution in [3.63, 3.8) is 0 Å². The maximum Gasteiger partial charge on any atom is 0.0799 e. The average molecular weight is 986 g/mol. The number of hydrogen-bond acceptors (Lipinski definition) is 18. The van der Waals surface area contributed by atoms with Crippen molar-refractivity contribution in [3.05, 3.63) is 75.6 Å². The van der Waals surface area contributed by atoms with E-state index in [9.17, 15) is 39.2 Å². The normalized spacial score (nSPS) is 17.2. The molecule has 3 heterocycles. The molecular formula is C46H68BN7O16. The number of nitro benzene ring substituents is 1. The molecule has 6 N–H and O–H groups in total. The van der Waals surface area contributed by atoms with E-state index in [0.29, 0.717) is 43.1 Å². The van der Waals surface area contributed by atoms with Gasteiger partial charge in [-0.25, -0.2) is 0 Å². The Balaban J connectivity index is 0.000000963. The molecule has 0 spiro atoms. The molecule has 2 aliphatic rings. The molecule has 2 fully saturated rings. The van der Waals surface area contributed by atoms with E-state index in [0.717, 1.165) is 6.07 Å². The van der Waals surface area contributed by atoms with Gasteiger partial charge in [0.1, 0.15) is 12.4 Å². The van der Waals surface area contributed by atoms with Crippen LogP contribution in [0.3, 0.4) is 0 Å². The van der Waals surface area contributed by atoms with Crippen molar-refractivity contribution in [1.82, 2.24) is 24.8 Å². The summed E-state index contributed by atoms with van der Waals surface area (Å²) in [7, 11) is 1.59. The Morgan fingerprint density at radius 2 is 1.61 bits per heavy atom. The molecular weight excluding hydrogens is 917 g/mol. The monoisotopic (exact) mass is 985 g/mol. The van der Waals surface area contributed by atoms with Gasteiger partial charge in [-0.1, -0.05) is 58.0 Å². The Morgan fingerprint density at radius 3 is 2.10 bits per heavy atom. The molecule has 24 heteroatoms. The third-order valence-corrected chi connectivity index (χ3v) is 11.4. The van der Waals surface area contributed by atoms with Crippen LogP contribution in [0.2, 0.25) is 0 Å². The number of ketones is 1. The van der Waals surface area contributed by atoms with E-state index in [2.05, 4.69) is 10.3 Å². The van der Waals surface area contributed by atoms with Crippen LogP contribution in [0.1, 0.15) is 91.2 Å². The van der Waals surface area contributed by atoms with Crippen molar-refractivity contribution in [2.45, 2.75) is 118 Å². The van der Waals surface area contributed by atoms with Crippen LogP contribution in [0, 0.1) is 27.9 Å². The molecule has 3 aromatic rings. The van der Waals surface area contributed by atoms with Gasteiger partial charge in [0.2, 0.25) is 17.7 Å². The van der Waals surface area contributed by atoms with Crippen molar-refractivity contribution in [2.75, 3.05) is 44.8 Å². The largest absolute Gasteiger partial charge is 0.391 e. The quantitative estimate of drug-likeness (QED) is 0.0264. The first-order valence-corrected chi connectivity index (χ1v) is 22.7. The summed E-state index contributed by atoms with van der Waals surface area (Å²) in [6.07, 6.45) is -0.866. The van der Waals surface area contributed by atoms with Gasteiger partial charge in [-0.3, -0.25) is 48.6 Å². The van der Waals surface area contributed by atoms with Gasteiger partial charge < -0.3 is 39.9 Å². The number of nitrogens with zero attached hydrogens (tertiary/aromatic N) is 7. The summed E-state index contributed by atoms with van der Waals surface area (Å²) in [6, 6.07) is 10.4. The molecule has 4 unspecified atom stereocenters. The molecule has 23 nitrogen and oxygen atoms in total. The number of imide groups is 1. The van der Waals surface area contributed by atoms with E-state index < -0.39 is 58.4 Å². The number of nitro groups is 1. The first kappa shape index (κ1) is 60.1. The Kier molecular flexibility index (Phi) is 24.5. The van der Waals surface area contributed by atoms with Crippen molar-refractivity contribution < 1.29 is 73.6 Å². The van der Waals surface area contributed by atoms with Gasteiger partial charge in [0.15, 0.2) is 11.5 Å². The fourth-order valence-corrected chi connectivity index (χ4v) is 6.90. The van der Waals surface area contributed by atoms with Crippen LogP contribution in [-0.4, -0.2) is 161 Å². The van der Waals surface area contributed by atoms with E-state index >= 15 is 0 Å². The summed E-state index contributed by atoms with van der Waals surface area (Å²) < 4.78 is 20.3. The minimum absolute atomic E-state index is 0.0157. The summed E-state index contributed by atoms with van der Waals surface area (Å²) in [4.78, 5) is 81.0. The van der Waals surface area contributed by atoms with Gasteiger partial charge in [0, 0.05) is 38.1 Å². The third kappa shape index (κ3) is 18.7. The average Bonchev–Trinajstić information content (AvgIpc) is 3.86. The molecule has 386 valence electrons. The van der Waals surface area contributed by atoms with Crippen LogP contribution >= 0.6 is 0 Å². The maximum absolute atomic E-state index is 13.8. The van der Waals surface area contributed by atoms with Crippen LogP contribution in [0.25, 0.3) is 0 Å². The van der Waals surface area contributed by atoms with Gasteiger partial charge in [-0.05, 0) is 69.6 Å². The zero-order valence-electron chi connectivity index (χ0n) is 41.2. The molecule has 4 atom stereocenters. The van der Waals surface area contributed by atoms with Crippen molar-refractivity contribution in [2.24, 2.45) is 17.8 Å². The standard InChI is InChI=1S/C39H51N7O9.C5H10O3.C2H6O2.BHO2/c1-9-42(8)39(6,7)34(48)23-43(35(49)18-26-10-13-29(14-11-26)45-36(50)21-30(24(2)3)37(45)51)16-17-44-22-28(40-41-44)20-33(55-38(52)25(4)5)27-12-15-32(47)31(19-27)46(53)54;6-4-1-5(7)3-8-2-4;1-2(3)4;2-1-3/h10-15,19,22,24-25,30,33,47H,9,16-18,20-21,23H2,1-8H3;4-7H,1-3H2;2-4H,1H3;2H. The SMILES string of the molecule is CC(O)O.CCN(C)C(C)(C)C(=O)CN(CCn1cc(CC(OC(=O)C(C)C)c2ccc(O)c([N+](=O)[O-])c2)nn1)C(=O)Cc1ccc(N2C(=O)CC(C(C)C)C2=O)cc1.O=BO.OC1COCC(O)C1. The van der Waals surface area contributed by atoms with E-state index in [1.807, 2.05) is 32.7 Å². The number of amides is 3. The number of aromatic hydroxyl groups is 1. The van der Waals surface area contributed by atoms with Crippen LogP contribution < -0.4 is 4.90 Å². The van der Waals surface area contributed by atoms with Crippen LogP contribution in [0.4, 0.5) is 11.4 Å². The van der Waals surface area contributed by atoms with Crippen molar-refractivity contribution in [1.29, 1.82) is 0 Å². The van der Waals surface area contributed by atoms with Gasteiger partial charge in [-0.2, -0.15) is 0 Å². The molecule has 70 heavy (non-hydrogen) atoms. The molecule has 0 radical (unpaired) electrons. The molecule has 2 saturated heterocycles. The van der Waals surface area contributed by atoms with Crippen LogP contribution in [0.5, 0.6) is 5.75 Å². The van der Waals surface area contributed by atoms with E-state index in [1.165, 1.54) is 33.5 Å². The summed E-state index contributed by atoms with van der Waals surface area (Å²) in [5, 5.41) is 69.5. The number of esters is 1. The number of carbonyl (C=O) groups excluding carboxylic acids is 5. The molecule has 2 aromatic carbocycles. The number of rotatable bonds is 18. The number of anilines is 1. The number of hydrogen-bond donors (Lipinski definition) is 6. The number of aliphatic hydroxyl groups is 4. The molecule has 0 aliphatic carbocycles. The zero-order valence-corrected chi connectivity index (χ0v) is 41.2. The molecule has 2 aliphatic heterocycles. The second-order valence-electron chi connectivity index (χ2n) is 17.9. The van der Waals surface area contributed by atoms with Crippen molar-refractivity contribution in [3.8, 4) is 5.75 Å². The van der Waals surface area contributed by atoms with E-state index in [4.69, 9.17) is 39.6 Å².